The number of carbonyl (C=O) groups excluding carboxylic acids is 1. The van der Waals surface area contributed by atoms with E-state index in [0.29, 0.717) is 12.2 Å². The summed E-state index contributed by atoms with van der Waals surface area (Å²) in [5.41, 5.74) is 2.32. The fourth-order valence-electron chi connectivity index (χ4n) is 1.96. The number of aryl methyl sites for hydroxylation is 1. The molecule has 0 aromatic carbocycles. The largest absolute Gasteiger partial charge is 0.463 e. The first-order chi connectivity index (χ1) is 8.59. The molecule has 0 aliphatic carbocycles. The van der Waals surface area contributed by atoms with Crippen molar-refractivity contribution in [2.45, 2.75) is 6.42 Å². The highest BCUT2D eigenvalue weighted by Crippen LogP contribution is 2.19. The van der Waals surface area contributed by atoms with Crippen molar-refractivity contribution in [2.75, 3.05) is 27.2 Å². The molecule has 0 bridgehead atoms. The second kappa shape index (κ2) is 5.27. The second-order valence-corrected chi connectivity index (χ2v) is 4.67. The van der Waals surface area contributed by atoms with Crippen LogP contribution >= 0.6 is 0 Å². The Kier molecular flexibility index (Phi) is 3.72. The van der Waals surface area contributed by atoms with Gasteiger partial charge in [0.2, 0.25) is 0 Å². The molecule has 2 heterocycles. The van der Waals surface area contributed by atoms with Gasteiger partial charge in [-0.15, -0.1) is 0 Å². The Morgan fingerprint density at radius 3 is 2.94 bits per heavy atom. The van der Waals surface area contributed by atoms with Crippen molar-refractivity contribution >= 4 is 17.0 Å². The first-order valence-corrected chi connectivity index (χ1v) is 6.05. The first kappa shape index (κ1) is 12.7. The molecule has 18 heavy (non-hydrogen) atoms. The molecule has 0 fully saturated rings. The van der Waals surface area contributed by atoms with Gasteiger partial charge in [0.25, 0.3) is 5.91 Å². The zero-order valence-electron chi connectivity index (χ0n) is 11.1. The maximum Gasteiger partial charge on any atom is 0.268 e. The summed E-state index contributed by atoms with van der Waals surface area (Å²) in [5, 5.41) is 2.92. The maximum absolute atomic E-state index is 12.0. The van der Waals surface area contributed by atoms with Crippen molar-refractivity contribution < 1.29 is 9.21 Å². The lowest BCUT2D eigenvalue weighted by molar-refractivity contribution is 0.0944. The molecule has 0 aliphatic rings. The van der Waals surface area contributed by atoms with Crippen LogP contribution in [-0.2, 0) is 7.05 Å². The van der Waals surface area contributed by atoms with Crippen molar-refractivity contribution in [3.05, 3.63) is 24.1 Å². The van der Waals surface area contributed by atoms with E-state index in [-0.39, 0.29) is 5.91 Å². The van der Waals surface area contributed by atoms with Gasteiger partial charge in [-0.1, -0.05) is 0 Å². The monoisotopic (exact) mass is 249 g/mol. The Morgan fingerprint density at radius 2 is 2.28 bits per heavy atom. The molecule has 0 atom stereocenters. The van der Waals surface area contributed by atoms with Gasteiger partial charge in [0.15, 0.2) is 5.58 Å². The molecule has 0 spiro atoms. The molecule has 2 aromatic rings. The maximum atomic E-state index is 12.0. The van der Waals surface area contributed by atoms with Crippen molar-refractivity contribution in [1.29, 1.82) is 0 Å². The summed E-state index contributed by atoms with van der Waals surface area (Å²) >= 11 is 0. The summed E-state index contributed by atoms with van der Waals surface area (Å²) in [6, 6.07) is 3.63. The van der Waals surface area contributed by atoms with Crippen LogP contribution < -0.4 is 5.32 Å². The predicted octanol–water partition coefficient (Wildman–Crippen LogP) is 1.45. The number of nitrogens with one attached hydrogen (secondary N) is 1. The molecule has 1 N–H and O–H groups in total. The van der Waals surface area contributed by atoms with Gasteiger partial charge in [0.05, 0.1) is 11.8 Å². The zero-order chi connectivity index (χ0) is 13.1. The highest BCUT2D eigenvalue weighted by molar-refractivity contribution is 5.97. The molecule has 5 heteroatoms. The number of nitrogens with zero attached hydrogens (tertiary/aromatic N) is 2. The predicted molar refractivity (Wildman–Crippen MR) is 70.7 cm³/mol. The quantitative estimate of drug-likeness (QED) is 0.816. The van der Waals surface area contributed by atoms with Gasteiger partial charge in [-0.05, 0) is 27.1 Å². The molecule has 2 aromatic heterocycles. The molecule has 1 amide bonds. The smallest absolute Gasteiger partial charge is 0.268 e. The molecule has 0 aliphatic heterocycles. The van der Waals surface area contributed by atoms with Gasteiger partial charge < -0.3 is 19.2 Å². The Labute approximate surface area is 106 Å². The summed E-state index contributed by atoms with van der Waals surface area (Å²) in [7, 11) is 5.91. The third kappa shape index (κ3) is 2.56. The van der Waals surface area contributed by atoms with Crippen molar-refractivity contribution in [3.63, 3.8) is 0 Å². The molecular weight excluding hydrogens is 230 g/mol. The molecule has 5 nitrogen and oxygen atoms in total. The van der Waals surface area contributed by atoms with Crippen LogP contribution in [0.2, 0.25) is 0 Å². The van der Waals surface area contributed by atoms with Gasteiger partial charge in [0, 0.05) is 25.7 Å². The number of rotatable bonds is 5. The Bertz CT molecular complexity index is 539. The SMILES string of the molecule is CN(C)CCCNC(=O)c1cc2occc2n1C. The van der Waals surface area contributed by atoms with Crippen LogP contribution in [0.4, 0.5) is 0 Å². The minimum Gasteiger partial charge on any atom is -0.463 e. The number of hydrogen-bond donors (Lipinski definition) is 1. The van der Waals surface area contributed by atoms with Crippen LogP contribution in [0.15, 0.2) is 22.8 Å². The first-order valence-electron chi connectivity index (χ1n) is 6.05. The third-order valence-corrected chi connectivity index (χ3v) is 2.96. The summed E-state index contributed by atoms with van der Waals surface area (Å²) < 4.78 is 7.13. The summed E-state index contributed by atoms with van der Waals surface area (Å²) in [6.07, 6.45) is 2.57. The topological polar surface area (TPSA) is 50.4 Å². The van der Waals surface area contributed by atoms with Gasteiger partial charge in [0.1, 0.15) is 5.69 Å². The number of furan rings is 1. The third-order valence-electron chi connectivity index (χ3n) is 2.96. The number of fused-ring (bicyclic) bond motifs is 1. The zero-order valence-corrected chi connectivity index (χ0v) is 11.1. The average molecular weight is 249 g/mol. The van der Waals surface area contributed by atoms with E-state index in [9.17, 15) is 4.79 Å². The van der Waals surface area contributed by atoms with Crippen LogP contribution in [0.5, 0.6) is 0 Å². The highest BCUT2D eigenvalue weighted by Gasteiger charge is 2.14. The number of amides is 1. The van der Waals surface area contributed by atoms with Crippen LogP contribution in [0.1, 0.15) is 16.9 Å². The lowest BCUT2D eigenvalue weighted by Crippen LogP contribution is -2.28. The Balaban J connectivity index is 1.96. The van der Waals surface area contributed by atoms with E-state index in [2.05, 4.69) is 10.2 Å². The fourth-order valence-corrected chi connectivity index (χ4v) is 1.96. The van der Waals surface area contributed by atoms with Crippen molar-refractivity contribution in [3.8, 4) is 0 Å². The van der Waals surface area contributed by atoms with Crippen LogP contribution in [0, 0.1) is 0 Å². The average Bonchev–Trinajstić information content (AvgIpc) is 2.88. The molecule has 2 rings (SSSR count). The van der Waals surface area contributed by atoms with Crippen molar-refractivity contribution in [1.82, 2.24) is 14.8 Å². The molecule has 0 unspecified atom stereocenters. The fraction of sp³-hybridized carbons (Fsp3) is 0.462. The lowest BCUT2D eigenvalue weighted by atomic mass is 10.3. The highest BCUT2D eigenvalue weighted by atomic mass is 16.3. The molecule has 0 saturated carbocycles. The standard InChI is InChI=1S/C13H19N3O2/c1-15(2)7-4-6-14-13(17)11-9-12-10(16(11)3)5-8-18-12/h5,8-9H,4,6-7H2,1-3H3,(H,14,17). The minimum absolute atomic E-state index is 0.0531. The molecule has 98 valence electrons. The van der Waals surface area contributed by atoms with E-state index in [1.165, 1.54) is 0 Å². The second-order valence-electron chi connectivity index (χ2n) is 4.67. The van der Waals surface area contributed by atoms with E-state index in [4.69, 9.17) is 4.42 Å². The summed E-state index contributed by atoms with van der Waals surface area (Å²) in [5.74, 6) is -0.0531. The van der Waals surface area contributed by atoms with Crippen LogP contribution in [0.25, 0.3) is 11.1 Å². The van der Waals surface area contributed by atoms with E-state index in [1.807, 2.05) is 31.8 Å². The van der Waals surface area contributed by atoms with Crippen molar-refractivity contribution in [2.24, 2.45) is 7.05 Å². The number of carbonyl (C=O) groups is 1. The van der Waals surface area contributed by atoms with Gasteiger partial charge in [-0.2, -0.15) is 0 Å². The van der Waals surface area contributed by atoms with E-state index in [1.54, 1.807) is 12.3 Å². The van der Waals surface area contributed by atoms with E-state index in [0.717, 1.165) is 24.1 Å². The number of aromatic nitrogens is 1. The van der Waals surface area contributed by atoms with Gasteiger partial charge in [-0.3, -0.25) is 4.79 Å². The van der Waals surface area contributed by atoms with Gasteiger partial charge >= 0.3 is 0 Å². The molecule has 0 radical (unpaired) electrons. The number of hydrogen-bond acceptors (Lipinski definition) is 3. The molecular formula is C13H19N3O2. The van der Waals surface area contributed by atoms with Gasteiger partial charge in [-0.25, -0.2) is 0 Å². The molecule has 0 saturated heterocycles. The van der Waals surface area contributed by atoms with E-state index < -0.39 is 0 Å². The Hall–Kier alpha value is -1.75. The van der Waals surface area contributed by atoms with Crippen LogP contribution in [-0.4, -0.2) is 42.6 Å². The summed E-state index contributed by atoms with van der Waals surface area (Å²) in [6.45, 7) is 1.65. The normalized spacial score (nSPS) is 11.3. The summed E-state index contributed by atoms with van der Waals surface area (Å²) in [4.78, 5) is 14.1. The van der Waals surface area contributed by atoms with E-state index >= 15 is 0 Å². The lowest BCUT2D eigenvalue weighted by Gasteiger charge is -2.10. The minimum atomic E-state index is -0.0531. The van der Waals surface area contributed by atoms with Crippen LogP contribution in [0.3, 0.4) is 0 Å². The Morgan fingerprint density at radius 1 is 1.50 bits per heavy atom.